The van der Waals surface area contributed by atoms with Crippen LogP contribution in [-0.4, -0.2) is 16.1 Å². The number of nitrogens with zero attached hydrogens (tertiary/aromatic N) is 1. The number of carboxylic acid groups (broad SMARTS) is 1. The summed E-state index contributed by atoms with van der Waals surface area (Å²) in [5.74, 6) is -1.91. The molecule has 2 aromatic rings. The highest BCUT2D eigenvalue weighted by Crippen LogP contribution is 2.34. The maximum absolute atomic E-state index is 12.8. The molecule has 0 unspecified atom stereocenters. The normalized spacial score (nSPS) is 11.2. The van der Waals surface area contributed by atoms with Crippen molar-refractivity contribution in [2.24, 2.45) is 0 Å². The Labute approximate surface area is 121 Å². The first-order valence-corrected chi connectivity index (χ1v) is 5.89. The molecule has 1 aromatic heterocycles. The zero-order valence-electron chi connectivity index (χ0n) is 10.2. The molecule has 1 N–H and O–H groups in total. The quantitative estimate of drug-likeness (QED) is 0.919. The number of pyridine rings is 1. The van der Waals surface area contributed by atoms with Gasteiger partial charge in [-0.2, -0.15) is 13.2 Å². The fourth-order valence-electron chi connectivity index (χ4n) is 1.55. The van der Waals surface area contributed by atoms with Crippen molar-refractivity contribution in [2.75, 3.05) is 0 Å². The summed E-state index contributed by atoms with van der Waals surface area (Å²) in [5.41, 5.74) is -2.28. The lowest BCUT2D eigenvalue weighted by molar-refractivity contribution is -0.138. The van der Waals surface area contributed by atoms with Crippen LogP contribution in [0.15, 0.2) is 36.5 Å². The zero-order chi connectivity index (χ0) is 15.6. The van der Waals surface area contributed by atoms with Crippen molar-refractivity contribution in [1.29, 1.82) is 0 Å². The molecule has 0 aliphatic heterocycles. The molecule has 8 heteroatoms. The van der Waals surface area contributed by atoms with Gasteiger partial charge in [0.05, 0.1) is 11.1 Å². The number of aromatic nitrogens is 1. The fourth-order valence-corrected chi connectivity index (χ4v) is 1.73. The number of halogens is 4. The minimum Gasteiger partial charge on any atom is -0.478 e. The van der Waals surface area contributed by atoms with Crippen molar-refractivity contribution in [3.05, 3.63) is 52.7 Å². The summed E-state index contributed by atoms with van der Waals surface area (Å²) in [6.07, 6.45) is -4.23. The molecule has 0 fully saturated rings. The van der Waals surface area contributed by atoms with E-state index in [0.29, 0.717) is 17.3 Å². The fraction of sp³-hybridized carbons (Fsp3) is 0.0769. The Morgan fingerprint density at radius 1 is 1.29 bits per heavy atom. The molecule has 0 saturated heterocycles. The molecule has 4 nitrogen and oxygen atoms in total. The van der Waals surface area contributed by atoms with E-state index in [-0.39, 0.29) is 11.6 Å². The first-order chi connectivity index (χ1) is 9.77. The highest BCUT2D eigenvalue weighted by molar-refractivity contribution is 6.30. The molecule has 0 amide bonds. The molecule has 1 heterocycles. The van der Waals surface area contributed by atoms with E-state index in [0.717, 1.165) is 0 Å². The Hall–Kier alpha value is -2.28. The molecule has 0 spiro atoms. The predicted octanol–water partition coefficient (Wildman–Crippen LogP) is 4.24. The molecular formula is C13H7ClF3NO3. The third-order valence-electron chi connectivity index (χ3n) is 2.43. The van der Waals surface area contributed by atoms with Gasteiger partial charge in [0.1, 0.15) is 5.75 Å². The number of carboxylic acids is 1. The van der Waals surface area contributed by atoms with Crippen LogP contribution in [0.4, 0.5) is 13.2 Å². The minimum absolute atomic E-state index is 0.186. The zero-order valence-corrected chi connectivity index (χ0v) is 10.9. The summed E-state index contributed by atoms with van der Waals surface area (Å²) in [5, 5.41) is 9.09. The van der Waals surface area contributed by atoms with Crippen LogP contribution in [0, 0.1) is 0 Å². The predicted molar refractivity (Wildman–Crippen MR) is 67.7 cm³/mol. The molecule has 0 radical (unpaired) electrons. The van der Waals surface area contributed by atoms with Crippen LogP contribution < -0.4 is 4.74 Å². The van der Waals surface area contributed by atoms with E-state index in [4.69, 9.17) is 21.4 Å². The van der Waals surface area contributed by atoms with Crippen molar-refractivity contribution in [1.82, 2.24) is 4.98 Å². The third kappa shape index (κ3) is 3.63. The van der Waals surface area contributed by atoms with Crippen LogP contribution in [0.25, 0.3) is 0 Å². The Balaban J connectivity index is 2.40. The van der Waals surface area contributed by atoms with Crippen LogP contribution in [0.1, 0.15) is 15.9 Å². The number of alkyl halides is 3. The summed E-state index contributed by atoms with van der Waals surface area (Å²) in [7, 11) is 0. The molecule has 0 aliphatic rings. The Bertz CT molecular complexity index is 689. The second-order valence-electron chi connectivity index (χ2n) is 3.93. The lowest BCUT2D eigenvalue weighted by Crippen LogP contribution is -2.13. The van der Waals surface area contributed by atoms with Gasteiger partial charge in [0, 0.05) is 17.3 Å². The maximum atomic E-state index is 12.8. The van der Waals surface area contributed by atoms with Crippen molar-refractivity contribution >= 4 is 17.6 Å². The number of ether oxygens (including phenoxy) is 1. The number of hydrogen-bond donors (Lipinski definition) is 1. The smallest absolute Gasteiger partial charge is 0.417 e. The highest BCUT2D eigenvalue weighted by Gasteiger charge is 2.36. The summed E-state index contributed by atoms with van der Waals surface area (Å²) < 4.78 is 43.6. The van der Waals surface area contributed by atoms with Crippen LogP contribution in [0.2, 0.25) is 5.02 Å². The largest absolute Gasteiger partial charge is 0.478 e. The minimum atomic E-state index is -4.83. The Morgan fingerprint density at radius 3 is 2.57 bits per heavy atom. The molecule has 110 valence electrons. The average molecular weight is 318 g/mol. The number of hydrogen-bond acceptors (Lipinski definition) is 3. The van der Waals surface area contributed by atoms with Crippen molar-refractivity contribution in [3.63, 3.8) is 0 Å². The van der Waals surface area contributed by atoms with E-state index in [1.165, 1.54) is 12.1 Å². The van der Waals surface area contributed by atoms with Gasteiger partial charge in [-0.05, 0) is 18.2 Å². The van der Waals surface area contributed by atoms with Gasteiger partial charge < -0.3 is 9.84 Å². The van der Waals surface area contributed by atoms with Gasteiger partial charge in [0.15, 0.2) is 0 Å². The summed E-state index contributed by atoms with van der Waals surface area (Å²) in [4.78, 5) is 14.3. The lowest BCUT2D eigenvalue weighted by Gasteiger charge is -2.12. The topological polar surface area (TPSA) is 59.4 Å². The van der Waals surface area contributed by atoms with Gasteiger partial charge in [-0.1, -0.05) is 17.7 Å². The molecule has 2 rings (SSSR count). The van der Waals surface area contributed by atoms with E-state index < -0.39 is 23.3 Å². The molecule has 0 saturated carbocycles. The first kappa shape index (κ1) is 15.1. The number of aromatic carboxylic acids is 1. The second-order valence-corrected chi connectivity index (χ2v) is 4.37. The van der Waals surface area contributed by atoms with E-state index in [9.17, 15) is 18.0 Å². The van der Waals surface area contributed by atoms with Gasteiger partial charge in [0.25, 0.3) is 0 Å². The van der Waals surface area contributed by atoms with Crippen molar-refractivity contribution in [2.45, 2.75) is 6.18 Å². The van der Waals surface area contributed by atoms with Gasteiger partial charge in [-0.15, -0.1) is 0 Å². The van der Waals surface area contributed by atoms with E-state index in [1.54, 1.807) is 12.1 Å². The third-order valence-corrected chi connectivity index (χ3v) is 2.67. The molecule has 21 heavy (non-hydrogen) atoms. The van der Waals surface area contributed by atoms with E-state index in [1.807, 2.05) is 0 Å². The van der Waals surface area contributed by atoms with Gasteiger partial charge >= 0.3 is 12.1 Å². The molecule has 0 aliphatic carbocycles. The molecule has 0 bridgehead atoms. The van der Waals surface area contributed by atoms with E-state index >= 15 is 0 Å². The number of benzene rings is 1. The van der Waals surface area contributed by atoms with Crippen molar-refractivity contribution < 1.29 is 27.8 Å². The molecule has 0 atom stereocenters. The number of carbonyl (C=O) groups is 1. The average Bonchev–Trinajstić information content (AvgIpc) is 2.37. The van der Waals surface area contributed by atoms with Crippen LogP contribution in [-0.2, 0) is 6.18 Å². The second kappa shape index (κ2) is 5.61. The summed E-state index contributed by atoms with van der Waals surface area (Å²) in [6, 6.07) is 6.52. The van der Waals surface area contributed by atoms with Crippen LogP contribution >= 0.6 is 11.6 Å². The summed E-state index contributed by atoms with van der Waals surface area (Å²) >= 11 is 5.72. The monoisotopic (exact) mass is 317 g/mol. The summed E-state index contributed by atoms with van der Waals surface area (Å²) in [6.45, 7) is 0. The maximum Gasteiger partial charge on any atom is 0.417 e. The SMILES string of the molecule is O=C(O)c1cnc(Oc2cccc(Cl)c2)cc1C(F)(F)F. The molecular weight excluding hydrogens is 311 g/mol. The number of rotatable bonds is 3. The van der Waals surface area contributed by atoms with Gasteiger partial charge in [-0.3, -0.25) is 0 Å². The van der Waals surface area contributed by atoms with Gasteiger partial charge in [0.2, 0.25) is 5.88 Å². The van der Waals surface area contributed by atoms with Crippen molar-refractivity contribution in [3.8, 4) is 11.6 Å². The van der Waals surface area contributed by atoms with Crippen LogP contribution in [0.5, 0.6) is 11.6 Å². The lowest BCUT2D eigenvalue weighted by atomic mass is 10.1. The van der Waals surface area contributed by atoms with Crippen LogP contribution in [0.3, 0.4) is 0 Å². The Morgan fingerprint density at radius 2 is 2.00 bits per heavy atom. The Kier molecular flexibility index (Phi) is 4.04. The standard InChI is InChI=1S/C13H7ClF3NO3/c14-7-2-1-3-8(4-7)21-11-5-10(13(15,16)17)9(6-18-11)12(19)20/h1-6H,(H,19,20). The van der Waals surface area contributed by atoms with E-state index in [2.05, 4.69) is 4.98 Å². The first-order valence-electron chi connectivity index (χ1n) is 5.51. The highest BCUT2D eigenvalue weighted by atomic mass is 35.5. The van der Waals surface area contributed by atoms with Gasteiger partial charge in [-0.25, -0.2) is 9.78 Å². The molecule has 1 aromatic carbocycles.